The van der Waals surface area contributed by atoms with E-state index in [0.717, 1.165) is 56.4 Å². The quantitative estimate of drug-likeness (QED) is 0.278. The van der Waals surface area contributed by atoms with Crippen molar-refractivity contribution >= 4 is 41.1 Å². The molecule has 6 rings (SSSR count). The van der Waals surface area contributed by atoms with Crippen LogP contribution in [0.25, 0.3) is 0 Å². The van der Waals surface area contributed by atoms with Crippen LogP contribution < -0.4 is 5.32 Å². The summed E-state index contributed by atoms with van der Waals surface area (Å²) < 4.78 is 0. The number of hydrogen-bond donors (Lipinski definition) is 2. The van der Waals surface area contributed by atoms with Crippen LogP contribution in [0.2, 0.25) is 10.0 Å². The molecule has 2 N–H and O–H groups in total. The van der Waals surface area contributed by atoms with Crippen LogP contribution in [0, 0.1) is 5.92 Å². The Labute approximate surface area is 286 Å². The number of carbonyl (C=O) groups is 3. The molecule has 0 saturated carbocycles. The number of piperidine rings is 2. The van der Waals surface area contributed by atoms with Crippen molar-refractivity contribution in [2.75, 3.05) is 45.8 Å². The molecule has 3 amide bonds. The number of amides is 3. The van der Waals surface area contributed by atoms with Gasteiger partial charge >= 0.3 is 12.0 Å². The zero-order valence-corrected chi connectivity index (χ0v) is 28.1. The minimum atomic E-state index is -0.785. The lowest BCUT2D eigenvalue weighted by molar-refractivity contribution is -0.143. The van der Waals surface area contributed by atoms with Crippen molar-refractivity contribution in [2.45, 2.75) is 49.5 Å². The molecule has 3 aliphatic heterocycles. The molecule has 0 bridgehead atoms. The van der Waals surface area contributed by atoms with Crippen LogP contribution in [0.1, 0.15) is 60.0 Å². The van der Waals surface area contributed by atoms with Crippen molar-refractivity contribution in [1.29, 1.82) is 0 Å². The predicted octanol–water partition coefficient (Wildman–Crippen LogP) is 6.66. The van der Waals surface area contributed by atoms with Gasteiger partial charge in [0.15, 0.2) is 0 Å². The first-order chi connectivity index (χ1) is 22.7. The lowest BCUT2D eigenvalue weighted by Crippen LogP contribution is -2.57. The van der Waals surface area contributed by atoms with Gasteiger partial charge in [-0.2, -0.15) is 0 Å². The third kappa shape index (κ3) is 7.30. The number of likely N-dealkylation sites (tertiary alicyclic amines) is 3. The van der Waals surface area contributed by atoms with Crippen molar-refractivity contribution in [2.24, 2.45) is 5.92 Å². The van der Waals surface area contributed by atoms with Crippen molar-refractivity contribution in [3.05, 3.63) is 106 Å². The zero-order chi connectivity index (χ0) is 33.0. The summed E-state index contributed by atoms with van der Waals surface area (Å²) in [5.74, 6) is -1.13. The predicted molar refractivity (Wildman–Crippen MR) is 184 cm³/mol. The van der Waals surface area contributed by atoms with Crippen LogP contribution in [0.4, 0.5) is 4.79 Å². The number of halogens is 2. The van der Waals surface area contributed by atoms with E-state index in [4.69, 9.17) is 23.2 Å². The monoisotopic (exact) mass is 676 g/mol. The highest BCUT2D eigenvalue weighted by molar-refractivity contribution is 6.42. The highest BCUT2D eigenvalue weighted by atomic mass is 35.5. The molecule has 3 fully saturated rings. The van der Waals surface area contributed by atoms with Crippen LogP contribution >= 0.6 is 23.2 Å². The number of rotatable bonds is 8. The number of nitrogens with zero attached hydrogens (tertiary/aromatic N) is 3. The van der Waals surface area contributed by atoms with Gasteiger partial charge in [0.25, 0.3) is 5.91 Å². The van der Waals surface area contributed by atoms with E-state index in [1.165, 1.54) is 0 Å². The largest absolute Gasteiger partial charge is 0.481 e. The summed E-state index contributed by atoms with van der Waals surface area (Å²) in [6.07, 6.45) is 4.15. The lowest BCUT2D eigenvalue weighted by Gasteiger charge is -2.45. The molecule has 1 atom stereocenters. The molecule has 0 aromatic heterocycles. The van der Waals surface area contributed by atoms with Gasteiger partial charge in [0.05, 0.1) is 21.5 Å². The summed E-state index contributed by atoms with van der Waals surface area (Å²) in [6, 6.07) is 25.4. The number of benzene rings is 3. The van der Waals surface area contributed by atoms with Crippen molar-refractivity contribution in [1.82, 2.24) is 20.0 Å². The smallest absolute Gasteiger partial charge is 0.318 e. The molecular weight excluding hydrogens is 635 g/mol. The van der Waals surface area contributed by atoms with Crippen molar-refractivity contribution < 1.29 is 19.5 Å². The van der Waals surface area contributed by atoms with Crippen LogP contribution in [-0.4, -0.2) is 83.5 Å². The van der Waals surface area contributed by atoms with E-state index in [-0.39, 0.29) is 23.3 Å². The average molecular weight is 678 g/mol. The van der Waals surface area contributed by atoms with Crippen molar-refractivity contribution in [3.63, 3.8) is 0 Å². The highest BCUT2D eigenvalue weighted by Crippen LogP contribution is 2.41. The van der Waals surface area contributed by atoms with Gasteiger partial charge in [-0.1, -0.05) is 77.8 Å². The summed E-state index contributed by atoms with van der Waals surface area (Å²) >= 11 is 12.8. The SMILES string of the molecule is O=C(O)C1CCN(C(=O)NC2(c3ccccc3)CCN(CCC3(c4ccc(Cl)c(Cl)c4)CCN(C(=O)c4ccccc4)C3)CC2)CC1. The first kappa shape index (κ1) is 33.3. The fourth-order valence-corrected chi connectivity index (χ4v) is 7.90. The Balaban J connectivity index is 1.15. The Hall–Kier alpha value is -3.59. The van der Waals surface area contributed by atoms with Gasteiger partial charge in [-0.25, -0.2) is 4.79 Å². The number of aliphatic carboxylic acids is 1. The molecule has 47 heavy (non-hydrogen) atoms. The molecule has 10 heteroatoms. The van der Waals surface area contributed by atoms with E-state index in [0.29, 0.717) is 54.6 Å². The van der Waals surface area contributed by atoms with E-state index in [1.54, 1.807) is 4.90 Å². The number of urea groups is 1. The molecule has 3 aromatic carbocycles. The van der Waals surface area contributed by atoms with Gasteiger partial charge < -0.3 is 25.1 Å². The molecule has 1 unspecified atom stereocenters. The summed E-state index contributed by atoms with van der Waals surface area (Å²) in [5, 5.41) is 13.8. The molecule has 3 aromatic rings. The summed E-state index contributed by atoms with van der Waals surface area (Å²) in [5.41, 5.74) is 2.12. The van der Waals surface area contributed by atoms with Gasteiger partial charge in [0.2, 0.25) is 0 Å². The van der Waals surface area contributed by atoms with Crippen LogP contribution in [-0.2, 0) is 15.7 Å². The molecular formula is C37H42Cl2N4O4. The first-order valence-corrected chi connectivity index (χ1v) is 17.3. The van der Waals surface area contributed by atoms with Gasteiger partial charge in [0, 0.05) is 50.2 Å². The number of carbonyl (C=O) groups excluding carboxylic acids is 2. The van der Waals surface area contributed by atoms with E-state index in [2.05, 4.69) is 28.4 Å². The minimum absolute atomic E-state index is 0.0427. The lowest BCUT2D eigenvalue weighted by atomic mass is 9.76. The third-order valence-electron chi connectivity index (χ3n) is 10.6. The maximum atomic E-state index is 13.5. The number of carboxylic acid groups (broad SMARTS) is 1. The molecule has 0 spiro atoms. The number of hydrogen-bond acceptors (Lipinski definition) is 4. The maximum Gasteiger partial charge on any atom is 0.318 e. The van der Waals surface area contributed by atoms with Crippen LogP contribution in [0.15, 0.2) is 78.9 Å². The van der Waals surface area contributed by atoms with Crippen LogP contribution in [0.5, 0.6) is 0 Å². The fraction of sp³-hybridized carbons (Fsp3) is 0.432. The second-order valence-electron chi connectivity index (χ2n) is 13.3. The van der Waals surface area contributed by atoms with Gasteiger partial charge in [-0.15, -0.1) is 0 Å². The molecule has 8 nitrogen and oxygen atoms in total. The maximum absolute atomic E-state index is 13.5. The number of nitrogens with one attached hydrogen (secondary N) is 1. The van der Waals surface area contributed by atoms with Crippen molar-refractivity contribution in [3.8, 4) is 0 Å². The fourth-order valence-electron chi connectivity index (χ4n) is 7.61. The highest BCUT2D eigenvalue weighted by Gasteiger charge is 2.43. The minimum Gasteiger partial charge on any atom is -0.481 e. The third-order valence-corrected chi connectivity index (χ3v) is 11.4. The average Bonchev–Trinajstić information content (AvgIpc) is 3.55. The van der Waals surface area contributed by atoms with E-state index in [9.17, 15) is 19.5 Å². The Bertz CT molecular complexity index is 1570. The first-order valence-electron chi connectivity index (χ1n) is 16.6. The molecule has 248 valence electrons. The standard InChI is InChI=1S/C37H42Cl2N4O4/c38-31-12-11-30(25-32(31)39)36(16-24-43(26-36)33(44)27-7-3-1-4-8-27)15-21-41-22-17-37(18-23-41,29-9-5-2-6-10-29)40-35(47)42-19-13-28(14-20-42)34(45)46/h1-12,25,28H,13-24,26H2,(H,40,47)(H,45,46). The van der Waals surface area contributed by atoms with E-state index in [1.807, 2.05) is 65.6 Å². The normalized spacial score (nSPS) is 21.8. The van der Waals surface area contributed by atoms with E-state index >= 15 is 0 Å². The molecule has 0 radical (unpaired) electrons. The molecule has 3 saturated heterocycles. The Kier molecular flexibility index (Phi) is 10.1. The molecule has 3 aliphatic rings. The zero-order valence-electron chi connectivity index (χ0n) is 26.5. The molecule has 0 aliphatic carbocycles. The van der Waals surface area contributed by atoms with Gasteiger partial charge in [-0.3, -0.25) is 9.59 Å². The summed E-state index contributed by atoms with van der Waals surface area (Å²) in [6.45, 7) is 4.62. The molecule has 3 heterocycles. The Morgan fingerprint density at radius 2 is 1.43 bits per heavy atom. The topological polar surface area (TPSA) is 93.2 Å². The summed E-state index contributed by atoms with van der Waals surface area (Å²) in [4.78, 5) is 44.6. The van der Waals surface area contributed by atoms with Gasteiger partial charge in [0.1, 0.15) is 0 Å². The summed E-state index contributed by atoms with van der Waals surface area (Å²) in [7, 11) is 0. The Morgan fingerprint density at radius 1 is 0.766 bits per heavy atom. The van der Waals surface area contributed by atoms with Gasteiger partial charge in [-0.05, 0) is 80.5 Å². The second-order valence-corrected chi connectivity index (χ2v) is 14.1. The van der Waals surface area contributed by atoms with Crippen LogP contribution in [0.3, 0.4) is 0 Å². The number of carboxylic acids is 1. The second kappa shape index (κ2) is 14.3. The Morgan fingerprint density at radius 3 is 2.06 bits per heavy atom. The van der Waals surface area contributed by atoms with E-state index < -0.39 is 11.5 Å².